The van der Waals surface area contributed by atoms with Gasteiger partial charge in [0.2, 0.25) is 6.41 Å². The first-order valence-electron chi connectivity index (χ1n) is 7.46. The fraction of sp³-hybridized carbons (Fsp3) is 0.933. The molecule has 0 unspecified atom stereocenters. The molecule has 0 saturated heterocycles. The normalized spacial score (nSPS) is 9.00. The van der Waals surface area contributed by atoms with Gasteiger partial charge in [0.05, 0.1) is 0 Å². The van der Waals surface area contributed by atoms with Gasteiger partial charge in [-0.05, 0) is 32.4 Å². The predicted molar refractivity (Wildman–Crippen MR) is 84.5 cm³/mol. The Morgan fingerprint density at radius 3 is 1.84 bits per heavy atom. The van der Waals surface area contributed by atoms with E-state index in [0.29, 0.717) is 13.0 Å². The van der Waals surface area contributed by atoms with Gasteiger partial charge in [-0.3, -0.25) is 4.79 Å². The second-order valence-corrected chi connectivity index (χ2v) is 4.93. The van der Waals surface area contributed by atoms with Gasteiger partial charge in [0.1, 0.15) is 0 Å². The van der Waals surface area contributed by atoms with E-state index in [2.05, 4.69) is 45.3 Å². The van der Waals surface area contributed by atoms with Crippen molar-refractivity contribution in [3.63, 3.8) is 0 Å². The van der Waals surface area contributed by atoms with Gasteiger partial charge in [0, 0.05) is 19.8 Å². The molecule has 0 radical (unpaired) electrons. The summed E-state index contributed by atoms with van der Waals surface area (Å²) in [7, 11) is 1.92. The lowest BCUT2D eigenvalue weighted by molar-refractivity contribution is -0.109. The molecule has 0 aromatic rings. The fourth-order valence-corrected chi connectivity index (χ4v) is 0.788. The molecule has 19 heavy (non-hydrogen) atoms. The van der Waals surface area contributed by atoms with Crippen molar-refractivity contribution in [1.82, 2.24) is 10.6 Å². The van der Waals surface area contributed by atoms with Gasteiger partial charge < -0.3 is 15.4 Å². The molecule has 0 aliphatic heterocycles. The molecular weight excluding hydrogens is 240 g/mol. The van der Waals surface area contributed by atoms with Crippen molar-refractivity contribution in [3.8, 4) is 0 Å². The van der Waals surface area contributed by atoms with Crippen LogP contribution in [0.2, 0.25) is 0 Å². The van der Waals surface area contributed by atoms with Crippen LogP contribution < -0.4 is 10.6 Å². The van der Waals surface area contributed by atoms with Gasteiger partial charge in [-0.15, -0.1) is 0 Å². The smallest absolute Gasteiger partial charge is 0.207 e. The van der Waals surface area contributed by atoms with E-state index in [0.717, 1.165) is 38.5 Å². The van der Waals surface area contributed by atoms with Gasteiger partial charge in [0.25, 0.3) is 0 Å². The van der Waals surface area contributed by atoms with Gasteiger partial charge in [-0.1, -0.05) is 41.0 Å². The van der Waals surface area contributed by atoms with Gasteiger partial charge >= 0.3 is 0 Å². The molecule has 0 saturated carbocycles. The number of hydrogen-bond acceptors (Lipinski definition) is 3. The van der Waals surface area contributed by atoms with Crippen LogP contribution in [0.4, 0.5) is 0 Å². The molecule has 2 N–H and O–H groups in total. The maximum atomic E-state index is 9.82. The van der Waals surface area contributed by atoms with Crippen molar-refractivity contribution < 1.29 is 9.53 Å². The van der Waals surface area contributed by atoms with E-state index >= 15 is 0 Å². The van der Waals surface area contributed by atoms with E-state index in [9.17, 15) is 4.79 Å². The summed E-state index contributed by atoms with van der Waals surface area (Å²) in [5.41, 5.74) is 0. The number of hydrogen-bond donors (Lipinski definition) is 2. The zero-order valence-corrected chi connectivity index (χ0v) is 13.9. The van der Waals surface area contributed by atoms with Crippen molar-refractivity contribution in [2.45, 2.75) is 53.9 Å². The van der Waals surface area contributed by atoms with Gasteiger partial charge in [-0.25, -0.2) is 0 Å². The summed E-state index contributed by atoms with van der Waals surface area (Å²) in [4.78, 5) is 9.82. The van der Waals surface area contributed by atoms with E-state index in [-0.39, 0.29) is 0 Å². The highest BCUT2D eigenvalue weighted by Crippen LogP contribution is 1.83. The third-order valence-corrected chi connectivity index (χ3v) is 1.41. The number of carbonyl (C=O) groups excluding carboxylic acids is 1. The SMILES string of the molecule is CC(C)C.CCC.CNCCCOCCCNC=O. The summed E-state index contributed by atoms with van der Waals surface area (Å²) < 4.78 is 5.29. The Balaban J connectivity index is -0.000000303. The van der Waals surface area contributed by atoms with E-state index in [1.807, 2.05) is 7.05 Å². The summed E-state index contributed by atoms with van der Waals surface area (Å²) >= 11 is 0. The maximum absolute atomic E-state index is 9.82. The zero-order valence-electron chi connectivity index (χ0n) is 13.9. The molecule has 4 heteroatoms. The molecule has 0 atom stereocenters. The number of amides is 1. The zero-order chi connectivity index (χ0) is 15.4. The summed E-state index contributed by atoms with van der Waals surface area (Å²) in [6.45, 7) is 14.0. The monoisotopic (exact) mass is 276 g/mol. The Hall–Kier alpha value is -0.610. The molecule has 0 bridgehead atoms. The van der Waals surface area contributed by atoms with E-state index in [1.54, 1.807) is 0 Å². The van der Waals surface area contributed by atoms with E-state index in [4.69, 9.17) is 4.74 Å². The average molecular weight is 276 g/mol. The van der Waals surface area contributed by atoms with Crippen molar-refractivity contribution >= 4 is 6.41 Å². The minimum Gasteiger partial charge on any atom is -0.381 e. The number of nitrogens with one attached hydrogen (secondary N) is 2. The van der Waals surface area contributed by atoms with Gasteiger partial charge in [-0.2, -0.15) is 0 Å². The Labute approximate surface area is 120 Å². The quantitative estimate of drug-likeness (QED) is 0.503. The summed E-state index contributed by atoms with van der Waals surface area (Å²) in [6, 6.07) is 0. The van der Waals surface area contributed by atoms with Gasteiger partial charge in [0.15, 0.2) is 0 Å². The lowest BCUT2D eigenvalue weighted by atomic mass is 10.3. The van der Waals surface area contributed by atoms with Crippen LogP contribution in [0.1, 0.15) is 53.9 Å². The Bertz CT molecular complexity index is 139. The maximum Gasteiger partial charge on any atom is 0.207 e. The molecule has 4 nitrogen and oxygen atoms in total. The first-order chi connectivity index (χ1) is 9.06. The fourth-order valence-electron chi connectivity index (χ4n) is 0.788. The lowest BCUT2D eigenvalue weighted by Crippen LogP contribution is -2.15. The number of carbonyl (C=O) groups is 1. The van der Waals surface area contributed by atoms with Crippen molar-refractivity contribution in [1.29, 1.82) is 0 Å². The Morgan fingerprint density at radius 1 is 1.05 bits per heavy atom. The summed E-state index contributed by atoms with van der Waals surface area (Å²) in [5, 5.41) is 5.62. The van der Waals surface area contributed by atoms with Crippen LogP contribution in [0.5, 0.6) is 0 Å². The van der Waals surface area contributed by atoms with Crippen molar-refractivity contribution in [2.24, 2.45) is 5.92 Å². The molecule has 0 spiro atoms. The highest BCUT2D eigenvalue weighted by atomic mass is 16.5. The second-order valence-electron chi connectivity index (χ2n) is 4.93. The minimum absolute atomic E-state index is 0.704. The van der Waals surface area contributed by atoms with E-state index in [1.165, 1.54) is 6.42 Å². The topological polar surface area (TPSA) is 50.4 Å². The average Bonchev–Trinajstić information content (AvgIpc) is 2.33. The van der Waals surface area contributed by atoms with Crippen molar-refractivity contribution in [2.75, 3.05) is 33.4 Å². The molecule has 0 heterocycles. The predicted octanol–water partition coefficient (Wildman–Crippen LogP) is 2.83. The minimum atomic E-state index is 0.704. The van der Waals surface area contributed by atoms with Crippen LogP contribution in [0.15, 0.2) is 0 Å². The standard InChI is InChI=1S/C8H18N2O2.C4H10.C3H8/c1-9-4-2-6-12-7-3-5-10-8-11;1-4(2)3;1-3-2/h8-9H,2-7H2,1H3,(H,10,11);4H,1-3H3;3H2,1-2H3. The van der Waals surface area contributed by atoms with Crippen molar-refractivity contribution in [3.05, 3.63) is 0 Å². The van der Waals surface area contributed by atoms with Crippen LogP contribution in [0, 0.1) is 5.92 Å². The van der Waals surface area contributed by atoms with E-state index < -0.39 is 0 Å². The second kappa shape index (κ2) is 26.1. The summed E-state index contributed by atoms with van der Waals surface area (Å²) in [6.07, 6.45) is 3.89. The highest BCUT2D eigenvalue weighted by molar-refractivity contribution is 5.45. The lowest BCUT2D eigenvalue weighted by Gasteiger charge is -2.02. The van der Waals surface area contributed by atoms with Crippen LogP contribution in [-0.2, 0) is 9.53 Å². The molecule has 0 aliphatic rings. The van der Waals surface area contributed by atoms with Crippen LogP contribution in [0.3, 0.4) is 0 Å². The van der Waals surface area contributed by atoms with Crippen LogP contribution in [0.25, 0.3) is 0 Å². The highest BCUT2D eigenvalue weighted by Gasteiger charge is 1.88. The Morgan fingerprint density at radius 2 is 1.47 bits per heavy atom. The third kappa shape index (κ3) is 58.5. The molecule has 1 amide bonds. The third-order valence-electron chi connectivity index (χ3n) is 1.41. The molecule has 118 valence electrons. The molecule has 0 fully saturated rings. The number of rotatable bonds is 9. The van der Waals surface area contributed by atoms with Crippen LogP contribution in [-0.4, -0.2) is 39.8 Å². The molecule has 0 aliphatic carbocycles. The molecule has 0 aromatic carbocycles. The van der Waals surface area contributed by atoms with Crippen LogP contribution >= 0.6 is 0 Å². The molecule has 0 aromatic heterocycles. The number of ether oxygens (including phenoxy) is 1. The first-order valence-corrected chi connectivity index (χ1v) is 7.46. The molecule has 0 rings (SSSR count). The first kappa shape index (κ1) is 23.5. The largest absolute Gasteiger partial charge is 0.381 e. The summed E-state index contributed by atoms with van der Waals surface area (Å²) in [5.74, 6) is 0.833. The molecular formula is C15H36N2O2. The Kier molecular flexibility index (Phi) is 32.2.